The smallest absolute Gasteiger partial charge is 0.133 e. The summed E-state index contributed by atoms with van der Waals surface area (Å²) in [6, 6.07) is 0. The monoisotopic (exact) mass is 162 g/mol. The van der Waals surface area contributed by atoms with Gasteiger partial charge in [-0.1, -0.05) is 20.8 Å². The van der Waals surface area contributed by atoms with E-state index in [0.29, 0.717) is 0 Å². The minimum Gasteiger partial charge on any atom is -0.241 e. The molecule has 0 atom stereocenters. The van der Waals surface area contributed by atoms with Crippen molar-refractivity contribution < 1.29 is 0 Å². The molecular formula is C10H14N2. The molecule has 0 saturated heterocycles. The van der Waals surface area contributed by atoms with Crippen LogP contribution in [-0.4, -0.2) is 9.97 Å². The summed E-state index contributed by atoms with van der Waals surface area (Å²) in [4.78, 5) is 8.87. The van der Waals surface area contributed by atoms with E-state index in [1.807, 2.05) is 6.20 Å². The summed E-state index contributed by atoms with van der Waals surface area (Å²) in [6.45, 7) is 6.44. The van der Waals surface area contributed by atoms with Gasteiger partial charge in [0.05, 0.1) is 0 Å². The Morgan fingerprint density at radius 3 is 2.42 bits per heavy atom. The molecule has 0 amide bonds. The van der Waals surface area contributed by atoms with E-state index in [0.717, 1.165) is 12.2 Å². The van der Waals surface area contributed by atoms with Gasteiger partial charge in [-0.05, 0) is 18.4 Å². The average molecular weight is 162 g/mol. The predicted octanol–water partition coefficient (Wildman–Crippen LogP) is 1.87. The predicted molar refractivity (Wildman–Crippen MR) is 48.1 cm³/mol. The molecule has 0 unspecified atom stereocenters. The number of aromatic nitrogens is 2. The zero-order valence-electron chi connectivity index (χ0n) is 7.89. The molecule has 1 aromatic rings. The van der Waals surface area contributed by atoms with Crippen LogP contribution in [0.25, 0.3) is 0 Å². The fourth-order valence-electron chi connectivity index (χ4n) is 1.31. The quantitative estimate of drug-likeness (QED) is 0.582. The standard InChI is InChI=1S/C10H14N2/c1-10(2,3)9-11-6-7-4-5-8(7)12-9/h6H,4-5H2,1-3H3. The Bertz CT molecular complexity index is 310. The lowest BCUT2D eigenvalue weighted by Gasteiger charge is -2.22. The van der Waals surface area contributed by atoms with E-state index in [-0.39, 0.29) is 5.41 Å². The van der Waals surface area contributed by atoms with E-state index in [4.69, 9.17) is 0 Å². The minimum absolute atomic E-state index is 0.0879. The van der Waals surface area contributed by atoms with Gasteiger partial charge in [-0.3, -0.25) is 0 Å². The lowest BCUT2D eigenvalue weighted by Crippen LogP contribution is -2.21. The molecule has 64 valence electrons. The number of hydrogen-bond donors (Lipinski definition) is 0. The van der Waals surface area contributed by atoms with Crippen LogP contribution >= 0.6 is 0 Å². The summed E-state index contributed by atoms with van der Waals surface area (Å²) in [5.41, 5.74) is 2.68. The zero-order chi connectivity index (χ0) is 8.77. The molecule has 0 N–H and O–H groups in total. The molecule has 0 radical (unpaired) electrons. The van der Waals surface area contributed by atoms with Crippen molar-refractivity contribution in [1.29, 1.82) is 0 Å². The van der Waals surface area contributed by atoms with E-state index >= 15 is 0 Å². The first-order valence-electron chi connectivity index (χ1n) is 4.42. The first-order valence-corrected chi connectivity index (χ1v) is 4.42. The van der Waals surface area contributed by atoms with Crippen molar-refractivity contribution in [1.82, 2.24) is 9.97 Å². The summed E-state index contributed by atoms with van der Waals surface area (Å²) in [7, 11) is 0. The average Bonchev–Trinajstić information content (AvgIpc) is 1.89. The van der Waals surface area contributed by atoms with Crippen molar-refractivity contribution in [3.05, 3.63) is 23.3 Å². The molecule has 1 aliphatic rings. The fourth-order valence-corrected chi connectivity index (χ4v) is 1.31. The van der Waals surface area contributed by atoms with Gasteiger partial charge in [-0.15, -0.1) is 0 Å². The van der Waals surface area contributed by atoms with E-state index in [9.17, 15) is 0 Å². The van der Waals surface area contributed by atoms with Gasteiger partial charge >= 0.3 is 0 Å². The molecule has 2 nitrogen and oxygen atoms in total. The van der Waals surface area contributed by atoms with Gasteiger partial charge in [-0.2, -0.15) is 0 Å². The van der Waals surface area contributed by atoms with Crippen molar-refractivity contribution in [3.8, 4) is 0 Å². The third-order valence-electron chi connectivity index (χ3n) is 2.26. The second kappa shape index (κ2) is 2.28. The summed E-state index contributed by atoms with van der Waals surface area (Å²) >= 11 is 0. The van der Waals surface area contributed by atoms with Crippen LogP contribution in [0.1, 0.15) is 37.9 Å². The van der Waals surface area contributed by atoms with Crippen LogP contribution in [-0.2, 0) is 18.3 Å². The van der Waals surface area contributed by atoms with Gasteiger partial charge in [0.15, 0.2) is 0 Å². The summed E-state index contributed by atoms with van der Waals surface area (Å²) in [6.07, 6.45) is 4.28. The maximum Gasteiger partial charge on any atom is 0.133 e. The van der Waals surface area contributed by atoms with Gasteiger partial charge in [0.2, 0.25) is 0 Å². The molecular weight excluding hydrogens is 148 g/mol. The summed E-state index contributed by atoms with van der Waals surface area (Å²) < 4.78 is 0. The highest BCUT2D eigenvalue weighted by Crippen LogP contribution is 2.24. The Kier molecular flexibility index (Phi) is 1.47. The first-order chi connectivity index (χ1) is 5.57. The topological polar surface area (TPSA) is 25.8 Å². The molecule has 0 spiro atoms. The Balaban J connectivity index is 2.42. The molecule has 0 bridgehead atoms. The molecule has 2 rings (SSSR count). The second-order valence-corrected chi connectivity index (χ2v) is 4.42. The van der Waals surface area contributed by atoms with E-state index in [1.54, 1.807) is 0 Å². The first kappa shape index (κ1) is 7.71. The Morgan fingerprint density at radius 1 is 1.25 bits per heavy atom. The molecule has 0 aromatic carbocycles. The van der Waals surface area contributed by atoms with Crippen molar-refractivity contribution >= 4 is 0 Å². The van der Waals surface area contributed by atoms with Gasteiger partial charge in [-0.25, -0.2) is 9.97 Å². The molecule has 1 heterocycles. The highest BCUT2D eigenvalue weighted by atomic mass is 14.9. The van der Waals surface area contributed by atoms with Crippen LogP contribution in [0.2, 0.25) is 0 Å². The highest BCUT2D eigenvalue weighted by molar-refractivity contribution is 5.27. The molecule has 0 fully saturated rings. The lowest BCUT2D eigenvalue weighted by atomic mass is 9.92. The number of fused-ring (bicyclic) bond motifs is 1. The molecule has 1 aromatic heterocycles. The van der Waals surface area contributed by atoms with Crippen molar-refractivity contribution in [3.63, 3.8) is 0 Å². The number of nitrogens with zero attached hydrogens (tertiary/aromatic N) is 2. The van der Waals surface area contributed by atoms with Crippen molar-refractivity contribution in [2.45, 2.75) is 39.0 Å². The van der Waals surface area contributed by atoms with Gasteiger partial charge in [0.1, 0.15) is 5.82 Å². The fraction of sp³-hybridized carbons (Fsp3) is 0.600. The summed E-state index contributed by atoms with van der Waals surface area (Å²) in [5, 5.41) is 0. The summed E-state index contributed by atoms with van der Waals surface area (Å²) in [5.74, 6) is 0.973. The van der Waals surface area contributed by atoms with E-state index in [1.165, 1.54) is 17.7 Å². The number of rotatable bonds is 0. The van der Waals surface area contributed by atoms with Crippen LogP contribution in [0.4, 0.5) is 0 Å². The molecule has 0 saturated carbocycles. The van der Waals surface area contributed by atoms with E-state index in [2.05, 4.69) is 30.7 Å². The van der Waals surface area contributed by atoms with Crippen molar-refractivity contribution in [2.75, 3.05) is 0 Å². The maximum absolute atomic E-state index is 4.52. The Morgan fingerprint density at radius 2 is 2.00 bits per heavy atom. The Labute approximate surface area is 73.1 Å². The van der Waals surface area contributed by atoms with Crippen molar-refractivity contribution in [2.24, 2.45) is 0 Å². The van der Waals surface area contributed by atoms with Gasteiger partial charge < -0.3 is 0 Å². The van der Waals surface area contributed by atoms with Crippen LogP contribution in [0.3, 0.4) is 0 Å². The third kappa shape index (κ3) is 1.11. The Hall–Kier alpha value is -0.920. The van der Waals surface area contributed by atoms with E-state index < -0.39 is 0 Å². The van der Waals surface area contributed by atoms with Gasteiger partial charge in [0, 0.05) is 17.3 Å². The molecule has 0 aliphatic heterocycles. The maximum atomic E-state index is 4.52. The number of aryl methyl sites for hydroxylation is 2. The van der Waals surface area contributed by atoms with Crippen LogP contribution < -0.4 is 0 Å². The van der Waals surface area contributed by atoms with Crippen LogP contribution in [0.5, 0.6) is 0 Å². The largest absolute Gasteiger partial charge is 0.241 e. The third-order valence-corrected chi connectivity index (χ3v) is 2.26. The van der Waals surface area contributed by atoms with Gasteiger partial charge in [0.25, 0.3) is 0 Å². The lowest BCUT2D eigenvalue weighted by molar-refractivity contribution is 0.533. The molecule has 1 aliphatic carbocycles. The molecule has 2 heteroatoms. The highest BCUT2D eigenvalue weighted by Gasteiger charge is 2.21. The number of hydrogen-bond acceptors (Lipinski definition) is 2. The molecule has 12 heavy (non-hydrogen) atoms. The van der Waals surface area contributed by atoms with Crippen LogP contribution in [0.15, 0.2) is 6.20 Å². The van der Waals surface area contributed by atoms with Crippen LogP contribution in [0, 0.1) is 0 Å². The second-order valence-electron chi connectivity index (χ2n) is 4.42. The normalized spacial score (nSPS) is 15.2. The zero-order valence-corrected chi connectivity index (χ0v) is 7.89. The SMILES string of the molecule is CC(C)(C)c1ncc2c(n1)CC2. The minimum atomic E-state index is 0.0879.